The summed E-state index contributed by atoms with van der Waals surface area (Å²) < 4.78 is 44.0. The second-order valence-corrected chi connectivity index (χ2v) is 11.6. The van der Waals surface area contributed by atoms with Crippen molar-refractivity contribution < 1.29 is 27.6 Å². The van der Waals surface area contributed by atoms with Gasteiger partial charge in [0, 0.05) is 63.4 Å². The Morgan fingerprint density at radius 1 is 1.00 bits per heavy atom. The Morgan fingerprint density at radius 3 is 2.38 bits per heavy atom. The third-order valence-corrected chi connectivity index (χ3v) is 8.57. The summed E-state index contributed by atoms with van der Waals surface area (Å²) in [6, 6.07) is 4.41. The molecule has 0 atom stereocenters. The molecule has 3 aromatic heterocycles. The van der Waals surface area contributed by atoms with Gasteiger partial charge in [-0.25, -0.2) is 14.6 Å². The van der Waals surface area contributed by atoms with Crippen LogP contribution < -0.4 is 10.6 Å². The van der Waals surface area contributed by atoms with Crippen LogP contribution in [0.5, 0.6) is 0 Å². The fourth-order valence-electron chi connectivity index (χ4n) is 5.75. The highest BCUT2D eigenvalue weighted by molar-refractivity contribution is 6.34. The van der Waals surface area contributed by atoms with Gasteiger partial charge >= 0.3 is 6.18 Å². The van der Waals surface area contributed by atoms with Crippen molar-refractivity contribution in [2.45, 2.75) is 19.0 Å². The maximum atomic E-state index is 13.9. The fraction of sp³-hybridized carbons (Fsp3) is 0.367. The van der Waals surface area contributed by atoms with Gasteiger partial charge in [-0.05, 0) is 44.1 Å². The van der Waals surface area contributed by atoms with Gasteiger partial charge in [0.1, 0.15) is 0 Å². The number of piperidine rings is 1. The number of hydrogen-bond donors (Lipinski definition) is 2. The molecule has 0 radical (unpaired) electrons. The minimum atomic E-state index is -4.80. The number of halogens is 4. The second-order valence-electron chi connectivity index (χ2n) is 11.2. The number of benzene rings is 1. The Bertz CT molecular complexity index is 1800. The predicted molar refractivity (Wildman–Crippen MR) is 164 cm³/mol. The smallest absolute Gasteiger partial charge is 0.339 e. The highest BCUT2D eigenvalue weighted by atomic mass is 35.5. The zero-order valence-electron chi connectivity index (χ0n) is 25.2. The lowest BCUT2D eigenvalue weighted by Gasteiger charge is -2.37. The lowest BCUT2D eigenvalue weighted by Crippen LogP contribution is -2.52. The molecule has 3 amide bonds. The highest BCUT2D eigenvalue weighted by Gasteiger charge is 2.39. The molecular weight excluding hydrogens is 641 g/mol. The zero-order chi connectivity index (χ0) is 33.3. The largest absolute Gasteiger partial charge is 0.435 e. The average Bonchev–Trinajstić information content (AvgIpc) is 3.69. The molecule has 2 N–H and O–H groups in total. The number of aromatic nitrogens is 6. The van der Waals surface area contributed by atoms with Gasteiger partial charge in [0.15, 0.2) is 17.3 Å². The third kappa shape index (κ3) is 6.69. The molecular formula is C30H30ClF3N10O3. The maximum absolute atomic E-state index is 13.9. The van der Waals surface area contributed by atoms with Gasteiger partial charge in [0.05, 0.1) is 34.2 Å². The van der Waals surface area contributed by atoms with Crippen LogP contribution in [-0.2, 0) is 18.0 Å². The molecule has 0 unspecified atom stereocenters. The van der Waals surface area contributed by atoms with Gasteiger partial charge < -0.3 is 25.0 Å². The molecule has 246 valence electrons. The molecule has 2 aliphatic heterocycles. The third-order valence-electron chi connectivity index (χ3n) is 8.26. The molecule has 5 heterocycles. The van der Waals surface area contributed by atoms with Crippen molar-refractivity contribution >= 4 is 35.0 Å². The van der Waals surface area contributed by atoms with E-state index < -0.39 is 17.8 Å². The van der Waals surface area contributed by atoms with Crippen molar-refractivity contribution in [2.75, 3.05) is 44.6 Å². The molecule has 0 bridgehead atoms. The first kappa shape index (κ1) is 32.1. The molecule has 13 nitrogen and oxygen atoms in total. The van der Waals surface area contributed by atoms with Crippen LogP contribution in [0.2, 0.25) is 5.02 Å². The summed E-state index contributed by atoms with van der Waals surface area (Å²) in [6.07, 6.45) is 3.09. The zero-order valence-corrected chi connectivity index (χ0v) is 25.9. The van der Waals surface area contributed by atoms with Crippen molar-refractivity contribution in [3.8, 4) is 17.1 Å². The van der Waals surface area contributed by atoms with Gasteiger partial charge in [-0.3, -0.25) is 19.4 Å². The maximum Gasteiger partial charge on any atom is 0.435 e. The number of carbonyl (C=O) groups is 3. The first-order valence-electron chi connectivity index (χ1n) is 14.9. The second kappa shape index (κ2) is 13.1. The van der Waals surface area contributed by atoms with Gasteiger partial charge in [-0.2, -0.15) is 18.3 Å². The topological polar surface area (TPSA) is 143 Å². The minimum Gasteiger partial charge on any atom is -0.339 e. The highest BCUT2D eigenvalue weighted by Crippen LogP contribution is 2.37. The summed E-state index contributed by atoms with van der Waals surface area (Å²) in [6.45, 7) is 3.29. The SMILES string of the molecule is Cn1c(-c2cn(-c3cnccn3)nc2C(F)(F)F)cnc1C(=O)Nc1ccc(C(=O)N2CCN(C(=O)C3CCNCC3)CC2)c(Cl)c1. The van der Waals surface area contributed by atoms with E-state index in [1.165, 1.54) is 48.4 Å². The summed E-state index contributed by atoms with van der Waals surface area (Å²) in [7, 11) is 1.41. The molecule has 4 aromatic rings. The molecule has 1 aromatic carbocycles. The lowest BCUT2D eigenvalue weighted by molar-refractivity contribution is -0.141. The van der Waals surface area contributed by atoms with Crippen LogP contribution >= 0.6 is 11.6 Å². The van der Waals surface area contributed by atoms with Gasteiger partial charge in [-0.1, -0.05) is 11.6 Å². The summed E-state index contributed by atoms with van der Waals surface area (Å²) in [5, 5.41) is 9.67. The summed E-state index contributed by atoms with van der Waals surface area (Å²) in [5.74, 6) is -0.952. The van der Waals surface area contributed by atoms with Crippen molar-refractivity contribution in [1.82, 2.24) is 44.4 Å². The van der Waals surface area contributed by atoms with Gasteiger partial charge in [-0.15, -0.1) is 0 Å². The van der Waals surface area contributed by atoms with Crippen LogP contribution in [0.4, 0.5) is 18.9 Å². The number of nitrogens with one attached hydrogen (secondary N) is 2. The van der Waals surface area contributed by atoms with E-state index >= 15 is 0 Å². The molecule has 0 saturated carbocycles. The first-order chi connectivity index (χ1) is 22.5. The number of nitrogens with zero attached hydrogens (tertiary/aromatic N) is 8. The molecule has 47 heavy (non-hydrogen) atoms. The van der Waals surface area contributed by atoms with Crippen LogP contribution in [0, 0.1) is 5.92 Å². The van der Waals surface area contributed by atoms with Gasteiger partial charge in [0.25, 0.3) is 11.8 Å². The number of carbonyl (C=O) groups excluding carboxylic acids is 3. The molecule has 0 spiro atoms. The van der Waals surface area contributed by atoms with Crippen LogP contribution in [0.1, 0.15) is 39.5 Å². The van der Waals surface area contributed by atoms with E-state index in [-0.39, 0.29) is 56.9 Å². The Kier molecular flexibility index (Phi) is 8.96. The van der Waals surface area contributed by atoms with Crippen LogP contribution in [0.3, 0.4) is 0 Å². The summed E-state index contributed by atoms with van der Waals surface area (Å²) in [5.41, 5.74) is -1.000. The summed E-state index contributed by atoms with van der Waals surface area (Å²) in [4.78, 5) is 54.7. The standard InChI is InChI=1S/C30H30ClF3N10O3/c1-41-23(21-17-44(24-16-36-8-9-37-24)40-25(21)30(32,33)34)15-38-26(41)27(45)39-19-2-3-20(22(31)14-19)29(47)43-12-10-42(11-13-43)28(46)18-4-6-35-7-5-18/h2-3,8-9,14-18,35H,4-7,10-13H2,1H3,(H,39,45). The molecule has 2 aliphatic rings. The number of anilines is 1. The number of imidazole rings is 1. The van der Waals surface area contributed by atoms with Crippen molar-refractivity contribution in [2.24, 2.45) is 13.0 Å². The van der Waals surface area contributed by atoms with Crippen molar-refractivity contribution in [3.05, 3.63) is 71.3 Å². The normalized spacial score (nSPS) is 15.9. The Labute approximate surface area is 271 Å². The van der Waals surface area contributed by atoms with Crippen LogP contribution in [0.25, 0.3) is 17.1 Å². The summed E-state index contributed by atoms with van der Waals surface area (Å²) >= 11 is 6.47. The number of alkyl halides is 3. The minimum absolute atomic E-state index is 0.00543. The van der Waals surface area contributed by atoms with E-state index in [0.29, 0.717) is 26.2 Å². The quantitative estimate of drug-likeness (QED) is 0.318. The Balaban J connectivity index is 1.13. The molecule has 6 rings (SSSR count). The van der Waals surface area contributed by atoms with E-state index in [2.05, 4.69) is 30.7 Å². The van der Waals surface area contributed by atoms with E-state index in [9.17, 15) is 27.6 Å². The number of hydrogen-bond acceptors (Lipinski definition) is 8. The van der Waals surface area contributed by atoms with E-state index in [1.54, 1.807) is 4.90 Å². The average molecular weight is 671 g/mol. The number of amides is 3. The lowest BCUT2D eigenvalue weighted by atomic mass is 9.96. The van der Waals surface area contributed by atoms with Crippen molar-refractivity contribution in [3.63, 3.8) is 0 Å². The van der Waals surface area contributed by atoms with Crippen molar-refractivity contribution in [1.29, 1.82) is 0 Å². The van der Waals surface area contributed by atoms with E-state index in [0.717, 1.165) is 43.0 Å². The first-order valence-corrected chi connectivity index (χ1v) is 15.2. The van der Waals surface area contributed by atoms with Gasteiger partial charge in [0.2, 0.25) is 5.91 Å². The van der Waals surface area contributed by atoms with Crippen LogP contribution in [-0.4, -0.2) is 96.1 Å². The monoisotopic (exact) mass is 670 g/mol. The Morgan fingerprint density at radius 2 is 1.72 bits per heavy atom. The molecule has 2 saturated heterocycles. The number of rotatable bonds is 6. The van der Waals surface area contributed by atoms with E-state index in [1.807, 2.05) is 4.90 Å². The number of piperazine rings is 1. The van der Waals surface area contributed by atoms with Crippen LogP contribution in [0.15, 0.2) is 49.2 Å². The molecule has 2 fully saturated rings. The fourth-order valence-corrected chi connectivity index (χ4v) is 6.01. The molecule has 17 heteroatoms. The Hall–Kier alpha value is -4.83. The van der Waals surface area contributed by atoms with E-state index in [4.69, 9.17) is 11.6 Å². The predicted octanol–water partition coefficient (Wildman–Crippen LogP) is 3.27. The molecule has 0 aliphatic carbocycles.